The molecule has 4 rings (SSSR count). The first-order valence-electron chi connectivity index (χ1n) is 7.34. The van der Waals surface area contributed by atoms with Crippen LogP contribution in [-0.4, -0.2) is 23.2 Å². The van der Waals surface area contributed by atoms with E-state index >= 15 is 0 Å². The zero-order valence-corrected chi connectivity index (χ0v) is 13.5. The third-order valence-corrected chi connectivity index (χ3v) is 4.86. The molecule has 1 atom stereocenters. The minimum Gasteiger partial charge on any atom is -0.485 e. The van der Waals surface area contributed by atoms with Gasteiger partial charge in [-0.25, -0.2) is 4.39 Å². The Morgan fingerprint density at radius 3 is 2.92 bits per heavy atom. The van der Waals surface area contributed by atoms with Gasteiger partial charge in [0.05, 0.1) is 10.2 Å². The van der Waals surface area contributed by atoms with Crippen molar-refractivity contribution in [3.63, 3.8) is 0 Å². The first-order valence-corrected chi connectivity index (χ1v) is 8.15. The largest absolute Gasteiger partial charge is 0.485 e. The van der Waals surface area contributed by atoms with E-state index in [9.17, 15) is 9.18 Å². The molecule has 1 amide bonds. The molecular weight excluding hydrogens is 331 g/mol. The first kappa shape index (κ1) is 14.9. The van der Waals surface area contributed by atoms with E-state index in [1.165, 1.54) is 23.5 Å². The van der Waals surface area contributed by atoms with Gasteiger partial charge in [-0.3, -0.25) is 4.79 Å². The van der Waals surface area contributed by atoms with Crippen molar-refractivity contribution in [1.82, 2.24) is 4.57 Å². The van der Waals surface area contributed by atoms with E-state index < -0.39 is 12.0 Å². The summed E-state index contributed by atoms with van der Waals surface area (Å²) in [7, 11) is 1.79. The van der Waals surface area contributed by atoms with Gasteiger partial charge in [0.25, 0.3) is 5.91 Å². The maximum atomic E-state index is 13.3. The summed E-state index contributed by atoms with van der Waals surface area (Å²) >= 11 is 1.26. The number of carbonyl (C=O) groups is 1. The number of hydrogen-bond acceptors (Lipinski definition) is 4. The van der Waals surface area contributed by atoms with E-state index in [1.807, 2.05) is 12.1 Å². The number of carbonyl (C=O) groups excluding carboxylic acids is 1. The van der Waals surface area contributed by atoms with Crippen LogP contribution in [0.3, 0.4) is 0 Å². The molecule has 3 aromatic rings. The summed E-state index contributed by atoms with van der Waals surface area (Å²) in [6, 6.07) is 11.7. The van der Waals surface area contributed by atoms with Crippen LogP contribution >= 0.6 is 11.3 Å². The van der Waals surface area contributed by atoms with Crippen molar-refractivity contribution < 1.29 is 18.7 Å². The van der Waals surface area contributed by atoms with Crippen molar-refractivity contribution in [1.29, 1.82) is 0 Å². The number of halogens is 1. The van der Waals surface area contributed by atoms with E-state index in [-0.39, 0.29) is 12.4 Å². The molecule has 0 bridgehead atoms. The third kappa shape index (κ3) is 2.56. The standard InChI is InChI=1S/C17H13FN2O3S/c1-20-11-7-6-10(18)8-15(11)24-17(20)19-16(21)14-9-22-12-4-2-3-5-13(12)23-14/h2-8,14H,9H2,1H3. The number of hydrogen-bond donors (Lipinski definition) is 0. The van der Waals surface area contributed by atoms with Gasteiger partial charge in [-0.1, -0.05) is 23.5 Å². The Bertz CT molecular complexity index is 1010. The van der Waals surface area contributed by atoms with Gasteiger partial charge in [-0.2, -0.15) is 4.99 Å². The highest BCUT2D eigenvalue weighted by Crippen LogP contribution is 2.31. The molecule has 1 aromatic heterocycles. The molecule has 1 unspecified atom stereocenters. The molecule has 0 saturated heterocycles. The number of aryl methyl sites for hydroxylation is 1. The topological polar surface area (TPSA) is 52.8 Å². The van der Waals surface area contributed by atoms with Crippen LogP contribution < -0.4 is 14.3 Å². The van der Waals surface area contributed by atoms with Gasteiger partial charge >= 0.3 is 0 Å². The van der Waals surface area contributed by atoms with Crippen molar-refractivity contribution in [2.24, 2.45) is 12.0 Å². The molecule has 0 aliphatic carbocycles. The van der Waals surface area contributed by atoms with Crippen LogP contribution in [0.2, 0.25) is 0 Å². The Morgan fingerprint density at radius 2 is 2.08 bits per heavy atom. The van der Waals surface area contributed by atoms with Crippen LogP contribution in [0.5, 0.6) is 11.5 Å². The maximum Gasteiger partial charge on any atom is 0.292 e. The molecule has 7 heteroatoms. The monoisotopic (exact) mass is 344 g/mol. The fourth-order valence-electron chi connectivity index (χ4n) is 2.52. The first-order chi connectivity index (χ1) is 11.6. The molecular formula is C17H13FN2O3S. The van der Waals surface area contributed by atoms with E-state index in [0.29, 0.717) is 16.3 Å². The summed E-state index contributed by atoms with van der Waals surface area (Å²) in [5.74, 6) is 0.402. The van der Waals surface area contributed by atoms with E-state index in [1.54, 1.807) is 29.8 Å². The highest BCUT2D eigenvalue weighted by molar-refractivity contribution is 7.16. The normalized spacial score (nSPS) is 17.2. The fraction of sp³-hybridized carbons (Fsp3) is 0.176. The highest BCUT2D eigenvalue weighted by Gasteiger charge is 2.27. The minimum atomic E-state index is -0.790. The van der Waals surface area contributed by atoms with E-state index in [2.05, 4.69) is 4.99 Å². The molecule has 122 valence electrons. The molecule has 2 aromatic carbocycles. The molecule has 1 aliphatic rings. The average molecular weight is 344 g/mol. The quantitative estimate of drug-likeness (QED) is 0.682. The smallest absolute Gasteiger partial charge is 0.292 e. The minimum absolute atomic E-state index is 0.114. The number of nitrogens with zero attached hydrogens (tertiary/aromatic N) is 2. The maximum absolute atomic E-state index is 13.3. The third-order valence-electron chi connectivity index (χ3n) is 3.76. The van der Waals surface area contributed by atoms with E-state index in [0.717, 1.165) is 10.2 Å². The predicted molar refractivity (Wildman–Crippen MR) is 87.7 cm³/mol. The van der Waals surface area contributed by atoms with Gasteiger partial charge in [0.1, 0.15) is 12.4 Å². The van der Waals surface area contributed by atoms with Crippen molar-refractivity contribution in [3.8, 4) is 11.5 Å². The van der Waals surface area contributed by atoms with Crippen LogP contribution in [-0.2, 0) is 11.8 Å². The van der Waals surface area contributed by atoms with Crippen LogP contribution in [0.4, 0.5) is 4.39 Å². The molecule has 2 heterocycles. The number of thiazole rings is 1. The number of amides is 1. The summed E-state index contributed by atoms with van der Waals surface area (Å²) in [6.07, 6.45) is -0.790. The van der Waals surface area contributed by atoms with Gasteiger partial charge < -0.3 is 14.0 Å². The van der Waals surface area contributed by atoms with Gasteiger partial charge in [-0.15, -0.1) is 0 Å². The van der Waals surface area contributed by atoms with Crippen LogP contribution in [0, 0.1) is 5.82 Å². The summed E-state index contributed by atoms with van der Waals surface area (Å²) in [4.78, 5) is 17.0. The van der Waals surface area contributed by atoms with Crippen LogP contribution in [0.15, 0.2) is 47.5 Å². The second-order valence-electron chi connectivity index (χ2n) is 5.37. The Labute approximate surface area is 140 Å². The molecule has 5 nitrogen and oxygen atoms in total. The second kappa shape index (κ2) is 5.76. The molecule has 1 aliphatic heterocycles. The van der Waals surface area contributed by atoms with Crippen molar-refractivity contribution in [2.45, 2.75) is 6.10 Å². The van der Waals surface area contributed by atoms with Gasteiger partial charge in [-0.05, 0) is 30.3 Å². The Balaban J connectivity index is 1.67. The number of ether oxygens (including phenoxy) is 2. The number of rotatable bonds is 1. The SMILES string of the molecule is Cn1c(=NC(=O)C2COc3ccccc3O2)sc2cc(F)ccc21. The van der Waals surface area contributed by atoms with E-state index in [4.69, 9.17) is 9.47 Å². The Hall–Kier alpha value is -2.67. The second-order valence-corrected chi connectivity index (χ2v) is 6.38. The van der Waals surface area contributed by atoms with Crippen molar-refractivity contribution >= 4 is 27.5 Å². The van der Waals surface area contributed by atoms with Crippen molar-refractivity contribution in [3.05, 3.63) is 53.1 Å². The molecule has 0 spiro atoms. The lowest BCUT2D eigenvalue weighted by molar-refractivity contribution is -0.127. The summed E-state index contributed by atoms with van der Waals surface area (Å²) in [6.45, 7) is 0.114. The molecule has 0 fully saturated rings. The number of benzene rings is 2. The number of para-hydroxylation sites is 2. The molecule has 0 N–H and O–H groups in total. The number of aromatic nitrogens is 1. The van der Waals surface area contributed by atoms with Gasteiger partial charge in [0, 0.05) is 7.05 Å². The number of fused-ring (bicyclic) bond motifs is 2. The van der Waals surface area contributed by atoms with Gasteiger partial charge in [0.2, 0.25) is 6.10 Å². The van der Waals surface area contributed by atoms with Crippen LogP contribution in [0.1, 0.15) is 0 Å². The zero-order valence-electron chi connectivity index (χ0n) is 12.7. The average Bonchev–Trinajstić information content (AvgIpc) is 2.89. The highest BCUT2D eigenvalue weighted by atomic mass is 32.1. The molecule has 24 heavy (non-hydrogen) atoms. The fourth-order valence-corrected chi connectivity index (χ4v) is 3.57. The summed E-state index contributed by atoms with van der Waals surface area (Å²) < 4.78 is 27.0. The van der Waals surface area contributed by atoms with Crippen LogP contribution in [0.25, 0.3) is 10.2 Å². The Kier molecular flexibility index (Phi) is 3.57. The lowest BCUT2D eigenvalue weighted by atomic mass is 10.2. The Morgan fingerprint density at radius 1 is 1.29 bits per heavy atom. The summed E-state index contributed by atoms with van der Waals surface area (Å²) in [5.41, 5.74) is 0.819. The molecule has 0 radical (unpaired) electrons. The summed E-state index contributed by atoms with van der Waals surface area (Å²) in [5, 5.41) is 0. The molecule has 0 saturated carbocycles. The van der Waals surface area contributed by atoms with Crippen molar-refractivity contribution in [2.75, 3.05) is 6.61 Å². The lowest BCUT2D eigenvalue weighted by Gasteiger charge is -2.23. The zero-order chi connectivity index (χ0) is 16.7. The predicted octanol–water partition coefficient (Wildman–Crippen LogP) is 2.65. The lowest BCUT2D eigenvalue weighted by Crippen LogP contribution is -2.36. The van der Waals surface area contributed by atoms with Gasteiger partial charge in [0.15, 0.2) is 16.3 Å².